The fourth-order valence-corrected chi connectivity index (χ4v) is 2.81. The minimum atomic E-state index is -0.191. The third-order valence-corrected chi connectivity index (χ3v) is 4.13. The molecule has 1 aromatic rings. The summed E-state index contributed by atoms with van der Waals surface area (Å²) in [6, 6.07) is 5.80. The highest BCUT2D eigenvalue weighted by Crippen LogP contribution is 2.20. The first-order valence-electron chi connectivity index (χ1n) is 7.25. The van der Waals surface area contributed by atoms with Crippen molar-refractivity contribution in [2.24, 2.45) is 5.92 Å². The van der Waals surface area contributed by atoms with Crippen LogP contribution in [0.3, 0.4) is 0 Å². The fraction of sp³-hybridized carbons (Fsp3) is 0.625. The Balaban J connectivity index is 2.71. The van der Waals surface area contributed by atoms with E-state index in [1.165, 1.54) is 18.4 Å². The van der Waals surface area contributed by atoms with Crippen molar-refractivity contribution in [3.8, 4) is 0 Å². The van der Waals surface area contributed by atoms with Gasteiger partial charge in [0.2, 0.25) is 0 Å². The Kier molecular flexibility index (Phi) is 7.62. The van der Waals surface area contributed by atoms with E-state index >= 15 is 0 Å². The Morgan fingerprint density at radius 3 is 2.58 bits per heavy atom. The standard InChI is InChI=1S/C16H25BrFN/c1-4-6-12(3)16(19-9-5-2)11-13-7-8-15(18)14(17)10-13/h7-8,10,12,16,19H,4-6,9,11H2,1-3H3. The number of nitrogens with one attached hydrogen (secondary N) is 1. The molecule has 0 amide bonds. The lowest BCUT2D eigenvalue weighted by Crippen LogP contribution is -2.37. The maximum Gasteiger partial charge on any atom is 0.137 e. The normalized spacial score (nSPS) is 14.4. The van der Waals surface area contributed by atoms with E-state index in [-0.39, 0.29) is 5.82 Å². The van der Waals surface area contributed by atoms with Crippen LogP contribution in [-0.2, 0) is 6.42 Å². The van der Waals surface area contributed by atoms with E-state index in [1.54, 1.807) is 6.07 Å². The van der Waals surface area contributed by atoms with Crippen LogP contribution in [-0.4, -0.2) is 12.6 Å². The molecule has 0 bridgehead atoms. The first-order chi connectivity index (χ1) is 9.08. The number of benzene rings is 1. The first kappa shape index (κ1) is 16.6. The predicted molar refractivity (Wildman–Crippen MR) is 84.0 cm³/mol. The lowest BCUT2D eigenvalue weighted by Gasteiger charge is -2.25. The molecule has 2 atom stereocenters. The number of hydrogen-bond acceptors (Lipinski definition) is 1. The lowest BCUT2D eigenvalue weighted by molar-refractivity contribution is 0.352. The van der Waals surface area contributed by atoms with Gasteiger partial charge < -0.3 is 5.32 Å². The fourth-order valence-electron chi connectivity index (χ4n) is 2.38. The molecule has 0 aliphatic carbocycles. The molecule has 0 heterocycles. The smallest absolute Gasteiger partial charge is 0.137 e. The minimum Gasteiger partial charge on any atom is -0.313 e. The monoisotopic (exact) mass is 329 g/mol. The Morgan fingerprint density at radius 1 is 1.26 bits per heavy atom. The molecule has 108 valence electrons. The summed E-state index contributed by atoms with van der Waals surface area (Å²) in [5.41, 5.74) is 1.19. The van der Waals surface area contributed by atoms with Gasteiger partial charge in [-0.2, -0.15) is 0 Å². The highest BCUT2D eigenvalue weighted by atomic mass is 79.9. The summed E-state index contributed by atoms with van der Waals surface area (Å²) in [4.78, 5) is 0. The molecular formula is C16H25BrFN. The molecule has 0 fully saturated rings. The lowest BCUT2D eigenvalue weighted by atomic mass is 9.91. The molecule has 19 heavy (non-hydrogen) atoms. The van der Waals surface area contributed by atoms with Crippen LogP contribution >= 0.6 is 15.9 Å². The Labute approximate surface area is 125 Å². The highest BCUT2D eigenvalue weighted by Gasteiger charge is 2.16. The van der Waals surface area contributed by atoms with Gasteiger partial charge in [0.25, 0.3) is 0 Å². The molecule has 2 unspecified atom stereocenters. The molecule has 1 N–H and O–H groups in total. The van der Waals surface area contributed by atoms with Gasteiger partial charge in [-0.1, -0.05) is 33.3 Å². The average Bonchev–Trinajstić information content (AvgIpc) is 2.39. The van der Waals surface area contributed by atoms with Gasteiger partial charge in [-0.15, -0.1) is 0 Å². The van der Waals surface area contributed by atoms with Gasteiger partial charge in [-0.05, 0) is 65.4 Å². The minimum absolute atomic E-state index is 0.191. The molecule has 0 radical (unpaired) electrons. The van der Waals surface area contributed by atoms with Crippen molar-refractivity contribution in [3.05, 3.63) is 34.1 Å². The van der Waals surface area contributed by atoms with Gasteiger partial charge in [0, 0.05) is 6.04 Å². The summed E-state index contributed by atoms with van der Waals surface area (Å²) in [5, 5.41) is 3.63. The van der Waals surface area contributed by atoms with Gasteiger partial charge >= 0.3 is 0 Å². The quantitative estimate of drug-likeness (QED) is 0.712. The second kappa shape index (κ2) is 8.70. The van der Waals surface area contributed by atoms with E-state index in [2.05, 4.69) is 42.0 Å². The summed E-state index contributed by atoms with van der Waals surface area (Å²) in [6.07, 6.45) is 4.53. The van der Waals surface area contributed by atoms with E-state index in [1.807, 2.05) is 12.1 Å². The van der Waals surface area contributed by atoms with E-state index < -0.39 is 0 Å². The summed E-state index contributed by atoms with van der Waals surface area (Å²) >= 11 is 3.26. The van der Waals surface area contributed by atoms with Gasteiger partial charge in [0.05, 0.1) is 4.47 Å². The Morgan fingerprint density at radius 2 is 2.00 bits per heavy atom. The zero-order valence-corrected chi connectivity index (χ0v) is 13.8. The van der Waals surface area contributed by atoms with E-state index in [0.717, 1.165) is 19.4 Å². The van der Waals surface area contributed by atoms with Crippen molar-refractivity contribution in [1.82, 2.24) is 5.32 Å². The molecular weight excluding hydrogens is 305 g/mol. The van der Waals surface area contributed by atoms with E-state index in [4.69, 9.17) is 0 Å². The van der Waals surface area contributed by atoms with Crippen LogP contribution in [0.2, 0.25) is 0 Å². The average molecular weight is 330 g/mol. The number of halogens is 2. The van der Waals surface area contributed by atoms with Crippen LogP contribution in [0.5, 0.6) is 0 Å². The van der Waals surface area contributed by atoms with Crippen molar-refractivity contribution in [3.63, 3.8) is 0 Å². The van der Waals surface area contributed by atoms with Gasteiger partial charge in [0.15, 0.2) is 0 Å². The predicted octanol–water partition coefficient (Wildman–Crippen LogP) is 4.94. The van der Waals surface area contributed by atoms with Crippen LogP contribution < -0.4 is 5.32 Å². The van der Waals surface area contributed by atoms with Crippen LogP contribution in [0.1, 0.15) is 45.6 Å². The van der Waals surface area contributed by atoms with E-state index in [0.29, 0.717) is 16.4 Å². The summed E-state index contributed by atoms with van der Waals surface area (Å²) in [6.45, 7) is 7.75. The van der Waals surface area contributed by atoms with Crippen molar-refractivity contribution < 1.29 is 4.39 Å². The zero-order chi connectivity index (χ0) is 14.3. The Bertz CT molecular complexity index is 381. The molecule has 1 aromatic carbocycles. The van der Waals surface area contributed by atoms with Crippen molar-refractivity contribution in [2.45, 2.75) is 52.5 Å². The topological polar surface area (TPSA) is 12.0 Å². The zero-order valence-electron chi connectivity index (χ0n) is 12.2. The van der Waals surface area contributed by atoms with Gasteiger partial charge in [-0.3, -0.25) is 0 Å². The highest BCUT2D eigenvalue weighted by molar-refractivity contribution is 9.10. The molecule has 0 aliphatic rings. The van der Waals surface area contributed by atoms with Crippen LogP contribution in [0.15, 0.2) is 22.7 Å². The second-order valence-corrected chi connectivity index (χ2v) is 6.13. The number of hydrogen-bond donors (Lipinski definition) is 1. The largest absolute Gasteiger partial charge is 0.313 e. The number of rotatable bonds is 8. The molecule has 0 aliphatic heterocycles. The van der Waals surface area contributed by atoms with E-state index in [9.17, 15) is 4.39 Å². The molecule has 0 spiro atoms. The molecule has 1 nitrogen and oxygen atoms in total. The Hall–Kier alpha value is -0.410. The first-order valence-corrected chi connectivity index (χ1v) is 8.05. The summed E-state index contributed by atoms with van der Waals surface area (Å²) < 4.78 is 13.8. The maximum atomic E-state index is 13.3. The van der Waals surface area contributed by atoms with Crippen LogP contribution in [0, 0.1) is 11.7 Å². The van der Waals surface area contributed by atoms with Gasteiger partial charge in [-0.25, -0.2) is 4.39 Å². The molecule has 0 saturated heterocycles. The van der Waals surface area contributed by atoms with Crippen molar-refractivity contribution >= 4 is 15.9 Å². The second-order valence-electron chi connectivity index (χ2n) is 5.28. The SMILES string of the molecule is CCCNC(Cc1ccc(F)c(Br)c1)C(C)CCC. The van der Waals surface area contributed by atoms with Crippen LogP contribution in [0.4, 0.5) is 4.39 Å². The summed E-state index contributed by atoms with van der Waals surface area (Å²) in [5.74, 6) is 0.448. The van der Waals surface area contributed by atoms with Gasteiger partial charge in [0.1, 0.15) is 5.82 Å². The molecule has 0 aromatic heterocycles. The third kappa shape index (κ3) is 5.62. The third-order valence-electron chi connectivity index (χ3n) is 3.53. The van der Waals surface area contributed by atoms with Crippen molar-refractivity contribution in [2.75, 3.05) is 6.54 Å². The maximum absolute atomic E-state index is 13.3. The van der Waals surface area contributed by atoms with Crippen molar-refractivity contribution in [1.29, 1.82) is 0 Å². The molecule has 0 saturated carbocycles. The molecule has 1 rings (SSSR count). The van der Waals surface area contributed by atoms with Crippen LogP contribution in [0.25, 0.3) is 0 Å². The summed E-state index contributed by atoms with van der Waals surface area (Å²) in [7, 11) is 0. The molecule has 3 heteroatoms.